The molecule has 3 amide bonds. The van der Waals surface area contributed by atoms with Crippen molar-refractivity contribution in [2.24, 2.45) is 0 Å². The van der Waals surface area contributed by atoms with Crippen LogP contribution in [-0.2, 0) is 23.9 Å². The monoisotopic (exact) mass is 373 g/mol. The van der Waals surface area contributed by atoms with Crippen molar-refractivity contribution in [2.45, 2.75) is 19.4 Å². The number of esters is 1. The van der Waals surface area contributed by atoms with Crippen LogP contribution in [0.1, 0.15) is 30.5 Å². The van der Waals surface area contributed by atoms with Crippen LogP contribution in [-0.4, -0.2) is 60.7 Å². The minimum atomic E-state index is -0.606. The highest BCUT2D eigenvalue weighted by atomic mass is 16.5. The van der Waals surface area contributed by atoms with Crippen molar-refractivity contribution in [2.75, 3.05) is 27.2 Å². The van der Waals surface area contributed by atoms with E-state index in [9.17, 15) is 19.2 Å². The van der Waals surface area contributed by atoms with Crippen LogP contribution in [0.5, 0.6) is 0 Å². The first-order chi connectivity index (χ1) is 12.8. The Kier molecular flexibility index (Phi) is 6.70. The molecule has 144 valence electrons. The van der Waals surface area contributed by atoms with Crippen molar-refractivity contribution >= 4 is 29.8 Å². The van der Waals surface area contributed by atoms with Crippen molar-refractivity contribution in [3.05, 3.63) is 41.6 Å². The second-order valence-electron chi connectivity index (χ2n) is 6.32. The largest absolute Gasteiger partial charge is 0.456 e. The number of carbonyl (C=O) groups is 4. The van der Waals surface area contributed by atoms with E-state index in [0.29, 0.717) is 0 Å². The van der Waals surface area contributed by atoms with Crippen LogP contribution in [0.2, 0.25) is 0 Å². The van der Waals surface area contributed by atoms with E-state index in [1.165, 1.54) is 16.7 Å². The lowest BCUT2D eigenvalue weighted by Crippen LogP contribution is -2.38. The molecule has 0 aromatic heterocycles. The molecule has 8 heteroatoms. The van der Waals surface area contributed by atoms with Crippen LogP contribution in [0.15, 0.2) is 30.5 Å². The number of nitrogens with one attached hydrogen (secondary N) is 1. The smallest absolute Gasteiger partial charge is 0.308 e. The van der Waals surface area contributed by atoms with E-state index in [1.807, 2.05) is 30.3 Å². The number of carbonyl (C=O) groups excluding carboxylic acids is 4. The predicted molar refractivity (Wildman–Crippen MR) is 98.0 cm³/mol. The van der Waals surface area contributed by atoms with E-state index in [2.05, 4.69) is 5.32 Å². The molecule has 0 saturated heterocycles. The van der Waals surface area contributed by atoms with Gasteiger partial charge in [-0.2, -0.15) is 0 Å². The zero-order valence-corrected chi connectivity index (χ0v) is 15.6. The minimum Gasteiger partial charge on any atom is -0.456 e. The van der Waals surface area contributed by atoms with E-state index in [1.54, 1.807) is 20.3 Å². The van der Waals surface area contributed by atoms with Crippen molar-refractivity contribution in [3.63, 3.8) is 0 Å². The number of hydrogen-bond donors (Lipinski definition) is 1. The van der Waals surface area contributed by atoms with Crippen LogP contribution in [0.25, 0.3) is 6.08 Å². The fraction of sp³-hybridized carbons (Fsp3) is 0.368. The van der Waals surface area contributed by atoms with Crippen molar-refractivity contribution in [1.29, 1.82) is 0 Å². The van der Waals surface area contributed by atoms with Gasteiger partial charge in [0.05, 0.1) is 19.0 Å². The maximum atomic E-state index is 12.2. The molecule has 0 unspecified atom stereocenters. The van der Waals surface area contributed by atoms with Crippen molar-refractivity contribution in [1.82, 2.24) is 15.1 Å². The fourth-order valence-electron chi connectivity index (χ4n) is 2.66. The Hall–Kier alpha value is -3.16. The zero-order chi connectivity index (χ0) is 20.0. The number of fused-ring (bicyclic) bond motifs is 1. The van der Waals surface area contributed by atoms with Gasteiger partial charge in [0.25, 0.3) is 5.91 Å². The van der Waals surface area contributed by atoms with E-state index in [-0.39, 0.29) is 24.8 Å². The van der Waals surface area contributed by atoms with Gasteiger partial charge >= 0.3 is 5.97 Å². The summed E-state index contributed by atoms with van der Waals surface area (Å²) in [5, 5.41) is 2.38. The quantitative estimate of drug-likeness (QED) is 0.741. The number of ether oxygens (including phenoxy) is 1. The van der Waals surface area contributed by atoms with Gasteiger partial charge in [-0.05, 0) is 17.2 Å². The van der Waals surface area contributed by atoms with Gasteiger partial charge in [0.15, 0.2) is 6.61 Å². The topological polar surface area (TPSA) is 96.0 Å². The Labute approximate surface area is 157 Å². The summed E-state index contributed by atoms with van der Waals surface area (Å²) < 4.78 is 5.00. The molecule has 0 aliphatic carbocycles. The molecule has 1 aliphatic rings. The first-order valence-electron chi connectivity index (χ1n) is 8.48. The Morgan fingerprint density at radius 3 is 2.56 bits per heavy atom. The zero-order valence-electron chi connectivity index (χ0n) is 15.6. The lowest BCUT2D eigenvalue weighted by atomic mass is 9.94. The Balaban J connectivity index is 1.93. The highest BCUT2D eigenvalue weighted by Crippen LogP contribution is 2.32. The van der Waals surface area contributed by atoms with Crippen LogP contribution >= 0.6 is 0 Å². The molecular formula is C19H23N3O5. The van der Waals surface area contributed by atoms with Crippen molar-refractivity contribution in [3.8, 4) is 0 Å². The molecule has 1 N–H and O–H groups in total. The molecule has 1 heterocycles. The van der Waals surface area contributed by atoms with Crippen LogP contribution in [0.4, 0.5) is 0 Å². The molecule has 2 rings (SSSR count). The molecule has 1 aliphatic heterocycles. The van der Waals surface area contributed by atoms with E-state index >= 15 is 0 Å². The highest BCUT2D eigenvalue weighted by molar-refractivity contribution is 5.86. The number of benzene rings is 1. The number of amides is 3. The lowest BCUT2D eigenvalue weighted by Gasteiger charge is -2.32. The summed E-state index contributed by atoms with van der Waals surface area (Å²) in [4.78, 5) is 50.0. The van der Waals surface area contributed by atoms with Crippen LogP contribution in [0, 0.1) is 0 Å². The molecule has 1 aromatic rings. The predicted octanol–water partition coefficient (Wildman–Crippen LogP) is 0.698. The lowest BCUT2D eigenvalue weighted by molar-refractivity contribution is -0.150. The molecular weight excluding hydrogens is 350 g/mol. The van der Waals surface area contributed by atoms with Gasteiger partial charge in [0.2, 0.25) is 11.8 Å². The minimum absolute atomic E-state index is 0.0785. The van der Waals surface area contributed by atoms with Crippen LogP contribution in [0.3, 0.4) is 0 Å². The Bertz CT molecular complexity index is 772. The third-order valence-corrected chi connectivity index (χ3v) is 4.13. The summed E-state index contributed by atoms with van der Waals surface area (Å²) in [6.45, 7) is 0.776. The molecule has 0 fully saturated rings. The summed E-state index contributed by atoms with van der Waals surface area (Å²) in [6.07, 6.45) is 3.38. The summed E-state index contributed by atoms with van der Waals surface area (Å²) in [5.74, 6) is -1.63. The fourth-order valence-corrected chi connectivity index (χ4v) is 2.66. The molecule has 0 radical (unpaired) electrons. The maximum Gasteiger partial charge on any atom is 0.308 e. The summed E-state index contributed by atoms with van der Waals surface area (Å²) in [6, 6.07) is 6.98. The van der Waals surface area contributed by atoms with Gasteiger partial charge < -0.3 is 19.9 Å². The third kappa shape index (κ3) is 5.40. The SMILES string of the molecule is CC(=O)N1C=Cc2ccccc2[C@@H]1CC(=O)OCC(=O)NCC(=O)N(C)C. The molecule has 8 nitrogen and oxygen atoms in total. The Morgan fingerprint density at radius 2 is 1.89 bits per heavy atom. The normalized spacial score (nSPS) is 14.9. The van der Waals surface area contributed by atoms with Gasteiger partial charge in [-0.25, -0.2) is 0 Å². The molecule has 1 atom stereocenters. The second-order valence-corrected chi connectivity index (χ2v) is 6.32. The average Bonchev–Trinajstić information content (AvgIpc) is 2.64. The summed E-state index contributed by atoms with van der Waals surface area (Å²) in [7, 11) is 3.15. The van der Waals surface area contributed by atoms with Gasteiger partial charge in [-0.1, -0.05) is 24.3 Å². The molecule has 27 heavy (non-hydrogen) atoms. The number of hydrogen-bond acceptors (Lipinski definition) is 5. The van der Waals surface area contributed by atoms with Gasteiger partial charge in [-0.15, -0.1) is 0 Å². The standard InChI is InChI=1S/C19H23N3O5/c1-13(23)22-9-8-14-6-4-5-7-15(14)16(22)10-19(26)27-12-17(24)20-11-18(25)21(2)3/h4-9,16H,10-12H2,1-3H3,(H,20,24)/t16-/m0/s1. The number of likely N-dealkylation sites (N-methyl/N-ethyl adjacent to an activating group) is 1. The number of nitrogens with zero attached hydrogens (tertiary/aromatic N) is 2. The Morgan fingerprint density at radius 1 is 1.19 bits per heavy atom. The van der Waals surface area contributed by atoms with Crippen LogP contribution < -0.4 is 5.32 Å². The first kappa shape index (κ1) is 20.2. The summed E-state index contributed by atoms with van der Waals surface area (Å²) >= 11 is 0. The second kappa shape index (κ2) is 8.98. The van der Waals surface area contributed by atoms with E-state index in [0.717, 1.165) is 11.1 Å². The maximum absolute atomic E-state index is 12.2. The van der Waals surface area contributed by atoms with Gasteiger partial charge in [0, 0.05) is 27.2 Å². The van der Waals surface area contributed by atoms with Gasteiger partial charge in [0.1, 0.15) is 0 Å². The molecule has 0 saturated carbocycles. The van der Waals surface area contributed by atoms with Gasteiger partial charge in [-0.3, -0.25) is 19.2 Å². The molecule has 0 spiro atoms. The average molecular weight is 373 g/mol. The highest BCUT2D eigenvalue weighted by Gasteiger charge is 2.28. The van der Waals surface area contributed by atoms with Crippen molar-refractivity contribution < 1.29 is 23.9 Å². The third-order valence-electron chi connectivity index (χ3n) is 4.13. The molecule has 1 aromatic carbocycles. The summed E-state index contributed by atoms with van der Waals surface area (Å²) in [5.41, 5.74) is 1.76. The van der Waals surface area contributed by atoms with E-state index < -0.39 is 24.5 Å². The first-order valence-corrected chi connectivity index (χ1v) is 8.48. The number of rotatable bonds is 6. The van der Waals surface area contributed by atoms with E-state index in [4.69, 9.17) is 4.74 Å². The molecule has 0 bridgehead atoms.